The van der Waals surface area contributed by atoms with Crippen molar-refractivity contribution in [3.05, 3.63) is 83.9 Å². The molecule has 170 valence electrons. The van der Waals surface area contributed by atoms with E-state index in [1.807, 2.05) is 54.6 Å². The Hall–Kier alpha value is -3.71. The average molecular weight is 448 g/mol. The van der Waals surface area contributed by atoms with E-state index < -0.39 is 6.30 Å². The molecule has 0 bridgehead atoms. The molecule has 7 heteroatoms. The van der Waals surface area contributed by atoms with Crippen LogP contribution in [0.5, 0.6) is 5.75 Å². The quantitative estimate of drug-likeness (QED) is 0.287. The van der Waals surface area contributed by atoms with Crippen molar-refractivity contribution in [3.8, 4) is 16.9 Å². The monoisotopic (exact) mass is 448 g/mol. The number of nitrogens with zero attached hydrogens (tertiary/aromatic N) is 1. The van der Waals surface area contributed by atoms with Gasteiger partial charge in [-0.3, -0.25) is 9.78 Å². The highest BCUT2D eigenvalue weighted by Crippen LogP contribution is 2.32. The van der Waals surface area contributed by atoms with Gasteiger partial charge in [0.1, 0.15) is 17.9 Å². The van der Waals surface area contributed by atoms with Gasteiger partial charge in [-0.15, -0.1) is 0 Å². The van der Waals surface area contributed by atoms with Crippen LogP contribution >= 0.6 is 0 Å². The number of alkyl halides is 1. The van der Waals surface area contributed by atoms with Crippen molar-refractivity contribution < 1.29 is 23.1 Å². The van der Waals surface area contributed by atoms with Gasteiger partial charge in [0.2, 0.25) is 0 Å². The second-order valence-corrected chi connectivity index (χ2v) is 7.62. The molecule has 0 aliphatic rings. The van der Waals surface area contributed by atoms with Gasteiger partial charge in [-0.05, 0) is 54.4 Å². The molecule has 2 aromatic heterocycles. The Labute approximate surface area is 191 Å². The van der Waals surface area contributed by atoms with Crippen LogP contribution in [0.4, 0.5) is 4.39 Å². The second-order valence-electron chi connectivity index (χ2n) is 7.62. The number of carbonyl (C=O) groups excluding carboxylic acids is 1. The lowest BCUT2D eigenvalue weighted by Gasteiger charge is -2.13. The number of nitrogens with two attached hydrogens (primary N) is 1. The van der Waals surface area contributed by atoms with E-state index in [9.17, 15) is 9.18 Å². The van der Waals surface area contributed by atoms with E-state index in [0.29, 0.717) is 24.7 Å². The minimum Gasteiger partial charge on any atom is -0.489 e. The van der Waals surface area contributed by atoms with Crippen LogP contribution in [-0.4, -0.2) is 23.9 Å². The van der Waals surface area contributed by atoms with Gasteiger partial charge in [0.15, 0.2) is 6.30 Å². The van der Waals surface area contributed by atoms with E-state index in [-0.39, 0.29) is 18.8 Å². The molecule has 4 aromatic rings. The summed E-state index contributed by atoms with van der Waals surface area (Å²) in [4.78, 5) is 16.1. The van der Waals surface area contributed by atoms with Gasteiger partial charge >= 0.3 is 5.97 Å². The summed E-state index contributed by atoms with van der Waals surface area (Å²) >= 11 is 0. The van der Waals surface area contributed by atoms with E-state index in [0.717, 1.165) is 33.2 Å². The number of esters is 1. The molecule has 0 saturated heterocycles. The number of halogens is 1. The number of benzene rings is 2. The highest BCUT2D eigenvalue weighted by atomic mass is 19.1. The van der Waals surface area contributed by atoms with Crippen molar-refractivity contribution in [1.29, 1.82) is 0 Å². The average Bonchev–Trinajstić information content (AvgIpc) is 3.26. The molecule has 0 unspecified atom stereocenters. The van der Waals surface area contributed by atoms with Gasteiger partial charge in [-0.2, -0.15) is 0 Å². The zero-order valence-corrected chi connectivity index (χ0v) is 18.3. The molecule has 4 rings (SSSR count). The molecule has 0 radical (unpaired) electrons. The Morgan fingerprint density at radius 2 is 2.03 bits per heavy atom. The fourth-order valence-electron chi connectivity index (χ4n) is 3.72. The Kier molecular flexibility index (Phi) is 7.00. The molecule has 0 saturated carbocycles. The fourth-order valence-corrected chi connectivity index (χ4v) is 3.72. The minimum atomic E-state index is -1.47. The molecule has 2 heterocycles. The third kappa shape index (κ3) is 5.56. The number of rotatable bonds is 9. The van der Waals surface area contributed by atoms with Crippen molar-refractivity contribution in [2.75, 3.05) is 6.61 Å². The van der Waals surface area contributed by atoms with Gasteiger partial charge in [0.05, 0.1) is 19.3 Å². The SMILES string of the molecule is CCOC(=O)Cc1ccccc1OCc1cc(-c2ccnc(C[C@@H](N)F)c2)c2occc2c1. The zero-order chi connectivity index (χ0) is 23.2. The van der Waals surface area contributed by atoms with Gasteiger partial charge < -0.3 is 19.6 Å². The summed E-state index contributed by atoms with van der Waals surface area (Å²) in [6.07, 6.45) is 1.98. The lowest BCUT2D eigenvalue weighted by atomic mass is 10.0. The highest BCUT2D eigenvalue weighted by molar-refractivity contribution is 5.93. The predicted molar refractivity (Wildman–Crippen MR) is 123 cm³/mol. The number of carbonyl (C=O) groups is 1. The van der Waals surface area contributed by atoms with E-state index in [1.54, 1.807) is 19.4 Å². The van der Waals surface area contributed by atoms with Crippen molar-refractivity contribution in [2.45, 2.75) is 32.7 Å². The van der Waals surface area contributed by atoms with Gasteiger partial charge in [0.25, 0.3) is 0 Å². The minimum absolute atomic E-state index is 0.0369. The maximum absolute atomic E-state index is 13.3. The van der Waals surface area contributed by atoms with Crippen LogP contribution < -0.4 is 10.5 Å². The zero-order valence-electron chi connectivity index (χ0n) is 18.3. The summed E-state index contributed by atoms with van der Waals surface area (Å²) in [5, 5.41) is 0.923. The van der Waals surface area contributed by atoms with Crippen LogP contribution in [0.3, 0.4) is 0 Å². The third-order valence-electron chi connectivity index (χ3n) is 5.15. The molecule has 0 fully saturated rings. The van der Waals surface area contributed by atoms with Crippen molar-refractivity contribution in [2.24, 2.45) is 5.73 Å². The Bertz CT molecular complexity index is 1250. The number of fused-ring (bicyclic) bond motifs is 1. The first-order valence-electron chi connectivity index (χ1n) is 10.7. The lowest BCUT2D eigenvalue weighted by Crippen LogP contribution is -2.16. The summed E-state index contributed by atoms with van der Waals surface area (Å²) in [5.74, 6) is 0.333. The van der Waals surface area contributed by atoms with Crippen LogP contribution in [0.2, 0.25) is 0 Å². The number of para-hydroxylation sites is 1. The summed E-state index contributed by atoms with van der Waals surface area (Å²) in [6.45, 7) is 2.41. The smallest absolute Gasteiger partial charge is 0.310 e. The fraction of sp³-hybridized carbons (Fsp3) is 0.231. The van der Waals surface area contributed by atoms with Crippen molar-refractivity contribution in [3.63, 3.8) is 0 Å². The maximum Gasteiger partial charge on any atom is 0.310 e. The summed E-state index contributed by atoms with van der Waals surface area (Å²) in [5.41, 5.74) is 9.98. The number of furan rings is 1. The number of hydrogen-bond acceptors (Lipinski definition) is 6. The predicted octanol–water partition coefficient (Wildman–Crippen LogP) is 4.98. The van der Waals surface area contributed by atoms with Crippen LogP contribution in [0.1, 0.15) is 23.7 Å². The van der Waals surface area contributed by atoms with Crippen LogP contribution in [-0.2, 0) is 29.0 Å². The van der Waals surface area contributed by atoms with E-state index in [4.69, 9.17) is 19.6 Å². The number of aromatic nitrogens is 1. The standard InChI is InChI=1S/C26H25FN2O4/c1-2-31-25(30)14-19-5-3-4-6-23(19)33-16-17-11-20-8-10-32-26(20)22(12-17)18-7-9-29-21(13-18)15-24(27)28/h3-13,24H,2,14-16,28H2,1H3/t24-/m1/s1. The number of ether oxygens (including phenoxy) is 2. The van der Waals surface area contributed by atoms with Crippen LogP contribution in [0.25, 0.3) is 22.1 Å². The molecule has 1 atom stereocenters. The molecule has 6 nitrogen and oxygen atoms in total. The molecule has 0 spiro atoms. The molecule has 0 aliphatic heterocycles. The molecule has 33 heavy (non-hydrogen) atoms. The van der Waals surface area contributed by atoms with Crippen molar-refractivity contribution in [1.82, 2.24) is 4.98 Å². The first-order chi connectivity index (χ1) is 16.0. The second kappa shape index (κ2) is 10.3. The van der Waals surface area contributed by atoms with Crippen LogP contribution in [0.15, 0.2) is 71.5 Å². The van der Waals surface area contributed by atoms with Gasteiger partial charge in [0, 0.05) is 34.8 Å². The molecule has 2 N–H and O–H groups in total. The van der Waals surface area contributed by atoms with Crippen molar-refractivity contribution >= 4 is 16.9 Å². The maximum atomic E-state index is 13.3. The van der Waals surface area contributed by atoms with Gasteiger partial charge in [-0.25, -0.2) is 4.39 Å². The molecular formula is C26H25FN2O4. The van der Waals surface area contributed by atoms with E-state index in [2.05, 4.69) is 4.98 Å². The lowest BCUT2D eigenvalue weighted by molar-refractivity contribution is -0.142. The third-order valence-corrected chi connectivity index (χ3v) is 5.15. The first kappa shape index (κ1) is 22.5. The number of hydrogen-bond donors (Lipinski definition) is 1. The topological polar surface area (TPSA) is 87.6 Å². The van der Waals surface area contributed by atoms with Gasteiger partial charge in [-0.1, -0.05) is 18.2 Å². The summed E-state index contributed by atoms with van der Waals surface area (Å²) < 4.78 is 30.1. The van der Waals surface area contributed by atoms with E-state index in [1.165, 1.54) is 0 Å². The molecular weight excluding hydrogens is 423 g/mol. The molecule has 0 aliphatic carbocycles. The molecule has 0 amide bonds. The highest BCUT2D eigenvalue weighted by Gasteiger charge is 2.14. The Balaban J connectivity index is 1.61. The van der Waals surface area contributed by atoms with Crippen LogP contribution in [0, 0.1) is 0 Å². The molecule has 2 aromatic carbocycles. The normalized spacial score (nSPS) is 12.0. The Morgan fingerprint density at radius 1 is 1.18 bits per heavy atom. The largest absolute Gasteiger partial charge is 0.489 e. The number of pyridine rings is 1. The summed E-state index contributed by atoms with van der Waals surface area (Å²) in [6, 6.07) is 16.9. The van der Waals surface area contributed by atoms with E-state index >= 15 is 0 Å². The summed E-state index contributed by atoms with van der Waals surface area (Å²) in [7, 11) is 0. The first-order valence-corrected chi connectivity index (χ1v) is 10.7. The Morgan fingerprint density at radius 3 is 2.85 bits per heavy atom.